The summed E-state index contributed by atoms with van der Waals surface area (Å²) in [6.07, 6.45) is 2.63. The molecule has 2 heterocycles. The highest BCUT2D eigenvalue weighted by atomic mass is 16.5. The quantitative estimate of drug-likeness (QED) is 0.873. The molecular weight excluding hydrogens is 268 g/mol. The average molecular weight is 288 g/mol. The van der Waals surface area contributed by atoms with Crippen LogP contribution in [0.4, 0.5) is 11.9 Å². The lowest BCUT2D eigenvalue weighted by Crippen LogP contribution is -2.16. The molecule has 112 valence electrons. The van der Waals surface area contributed by atoms with Crippen molar-refractivity contribution in [3.8, 4) is 11.8 Å². The van der Waals surface area contributed by atoms with Gasteiger partial charge < -0.3 is 15.0 Å². The highest BCUT2D eigenvalue weighted by Crippen LogP contribution is 2.20. The van der Waals surface area contributed by atoms with E-state index < -0.39 is 0 Å². The third kappa shape index (κ3) is 4.27. The van der Waals surface area contributed by atoms with Crippen molar-refractivity contribution in [2.24, 2.45) is 0 Å². The van der Waals surface area contributed by atoms with Crippen molar-refractivity contribution >= 4 is 11.9 Å². The normalized spacial score (nSPS) is 10.3. The maximum atomic E-state index is 5.65. The molecule has 0 atom stereocenters. The van der Waals surface area contributed by atoms with Crippen molar-refractivity contribution in [2.75, 3.05) is 30.9 Å². The van der Waals surface area contributed by atoms with E-state index in [0.29, 0.717) is 17.6 Å². The molecule has 0 aliphatic heterocycles. The fourth-order valence-corrected chi connectivity index (χ4v) is 1.53. The van der Waals surface area contributed by atoms with Gasteiger partial charge in [-0.05, 0) is 25.5 Å². The first-order chi connectivity index (χ1) is 10.1. The van der Waals surface area contributed by atoms with E-state index in [1.54, 1.807) is 11.1 Å². The van der Waals surface area contributed by atoms with E-state index in [-0.39, 0.29) is 6.01 Å². The fraction of sp³-hybridized carbons (Fsp3) is 0.429. The van der Waals surface area contributed by atoms with Gasteiger partial charge in [0.15, 0.2) is 0 Å². The number of hydrogen-bond acceptors (Lipinski definition) is 7. The lowest BCUT2D eigenvalue weighted by Gasteiger charge is -2.13. The molecule has 0 unspecified atom stereocenters. The minimum atomic E-state index is 0.248. The monoisotopic (exact) mass is 288 g/mol. The number of nitrogens with one attached hydrogen (secondary N) is 1. The highest BCUT2D eigenvalue weighted by Gasteiger charge is 2.10. The van der Waals surface area contributed by atoms with Gasteiger partial charge in [-0.3, -0.25) is 4.98 Å². The summed E-state index contributed by atoms with van der Waals surface area (Å²) in [6.45, 7) is 4.79. The molecule has 0 fully saturated rings. The summed E-state index contributed by atoms with van der Waals surface area (Å²) in [4.78, 5) is 18.8. The van der Waals surface area contributed by atoms with Gasteiger partial charge in [-0.15, -0.1) is 0 Å². The second kappa shape index (κ2) is 6.83. The summed E-state index contributed by atoms with van der Waals surface area (Å²) in [5.41, 5.74) is 0.928. The molecule has 0 aromatic carbocycles. The summed E-state index contributed by atoms with van der Waals surface area (Å²) in [5, 5.41) is 3.14. The van der Waals surface area contributed by atoms with Gasteiger partial charge in [0.2, 0.25) is 11.9 Å². The van der Waals surface area contributed by atoms with E-state index in [1.807, 2.05) is 33.2 Å². The fourth-order valence-electron chi connectivity index (χ4n) is 1.53. The second-order valence-electron chi connectivity index (χ2n) is 4.80. The molecule has 21 heavy (non-hydrogen) atoms. The van der Waals surface area contributed by atoms with E-state index in [2.05, 4.69) is 32.2 Å². The molecule has 0 aliphatic rings. The van der Waals surface area contributed by atoms with Crippen molar-refractivity contribution in [2.45, 2.75) is 20.3 Å². The molecular formula is C14H20N6O. The van der Waals surface area contributed by atoms with Gasteiger partial charge in [-0.1, -0.05) is 6.92 Å². The summed E-state index contributed by atoms with van der Waals surface area (Å²) in [7, 11) is 3.74. The molecule has 2 aromatic heterocycles. The first-order valence-electron chi connectivity index (χ1n) is 6.86. The Morgan fingerprint density at radius 2 is 2.00 bits per heavy atom. The molecule has 2 aromatic rings. The predicted octanol–water partition coefficient (Wildman–Crippen LogP) is 2.26. The molecule has 0 radical (unpaired) electrons. The number of aryl methyl sites for hydroxylation is 1. The topological polar surface area (TPSA) is 76.1 Å². The lowest BCUT2D eigenvalue weighted by molar-refractivity contribution is 0.438. The molecule has 0 saturated carbocycles. The molecule has 2 rings (SSSR count). The van der Waals surface area contributed by atoms with Crippen LogP contribution in [-0.4, -0.2) is 40.6 Å². The number of nitrogens with zero attached hydrogens (tertiary/aromatic N) is 5. The Kier molecular flexibility index (Phi) is 4.86. The Morgan fingerprint density at radius 1 is 1.19 bits per heavy atom. The van der Waals surface area contributed by atoms with Gasteiger partial charge in [0.25, 0.3) is 0 Å². The Hall–Kier alpha value is -2.44. The van der Waals surface area contributed by atoms with Crippen molar-refractivity contribution < 1.29 is 4.74 Å². The number of anilines is 2. The molecule has 7 nitrogen and oxygen atoms in total. The molecule has 0 aliphatic carbocycles. The smallest absolute Gasteiger partial charge is 0.328 e. The van der Waals surface area contributed by atoms with Crippen LogP contribution < -0.4 is 15.0 Å². The van der Waals surface area contributed by atoms with Crippen LogP contribution in [0.5, 0.6) is 11.8 Å². The minimum absolute atomic E-state index is 0.248. The highest BCUT2D eigenvalue weighted by molar-refractivity contribution is 5.37. The van der Waals surface area contributed by atoms with E-state index >= 15 is 0 Å². The van der Waals surface area contributed by atoms with E-state index in [0.717, 1.165) is 18.7 Å². The van der Waals surface area contributed by atoms with Crippen molar-refractivity contribution in [3.63, 3.8) is 0 Å². The lowest BCUT2D eigenvalue weighted by atomic mass is 10.4. The zero-order valence-electron chi connectivity index (χ0n) is 12.8. The largest absolute Gasteiger partial charge is 0.422 e. The van der Waals surface area contributed by atoms with Gasteiger partial charge in [-0.2, -0.15) is 15.0 Å². The van der Waals surface area contributed by atoms with Crippen LogP contribution in [0, 0.1) is 6.92 Å². The SMILES string of the molecule is CCCNc1nc(Oc2ccc(C)nc2)nc(N(C)C)n1. The van der Waals surface area contributed by atoms with Crippen molar-refractivity contribution in [1.29, 1.82) is 0 Å². The third-order valence-corrected chi connectivity index (χ3v) is 2.63. The van der Waals surface area contributed by atoms with Crippen LogP contribution in [-0.2, 0) is 0 Å². The van der Waals surface area contributed by atoms with Crippen molar-refractivity contribution in [1.82, 2.24) is 19.9 Å². The van der Waals surface area contributed by atoms with Crippen LogP contribution in [0.2, 0.25) is 0 Å². The van der Waals surface area contributed by atoms with Crippen LogP contribution in [0.25, 0.3) is 0 Å². The van der Waals surface area contributed by atoms with Crippen molar-refractivity contribution in [3.05, 3.63) is 24.0 Å². The van der Waals surface area contributed by atoms with Gasteiger partial charge in [0.05, 0.1) is 6.20 Å². The summed E-state index contributed by atoms with van der Waals surface area (Å²) in [6, 6.07) is 3.96. The molecule has 1 N–H and O–H groups in total. The first kappa shape index (κ1) is 15.0. The van der Waals surface area contributed by atoms with Crippen LogP contribution in [0.3, 0.4) is 0 Å². The van der Waals surface area contributed by atoms with Gasteiger partial charge in [0.1, 0.15) is 5.75 Å². The average Bonchev–Trinajstić information content (AvgIpc) is 2.47. The molecule has 7 heteroatoms. The van der Waals surface area contributed by atoms with Crippen LogP contribution in [0.1, 0.15) is 19.0 Å². The summed E-state index contributed by atoms with van der Waals surface area (Å²) in [5.74, 6) is 1.64. The number of rotatable bonds is 6. The first-order valence-corrected chi connectivity index (χ1v) is 6.86. The van der Waals surface area contributed by atoms with Gasteiger partial charge >= 0.3 is 6.01 Å². The second-order valence-corrected chi connectivity index (χ2v) is 4.80. The number of aromatic nitrogens is 4. The van der Waals surface area contributed by atoms with E-state index in [1.165, 1.54) is 0 Å². The Balaban J connectivity index is 2.24. The Labute approximate surface area is 124 Å². The molecule has 0 bridgehead atoms. The maximum Gasteiger partial charge on any atom is 0.328 e. The van der Waals surface area contributed by atoms with E-state index in [9.17, 15) is 0 Å². The number of pyridine rings is 1. The summed E-state index contributed by atoms with van der Waals surface area (Å²) >= 11 is 0. The zero-order chi connectivity index (χ0) is 15.2. The molecule has 0 saturated heterocycles. The van der Waals surface area contributed by atoms with Gasteiger partial charge in [-0.25, -0.2) is 0 Å². The predicted molar refractivity (Wildman–Crippen MR) is 82.0 cm³/mol. The standard InChI is InChI=1S/C14H20N6O/c1-5-8-15-12-17-13(20(3)4)19-14(18-12)21-11-7-6-10(2)16-9-11/h6-7,9H,5,8H2,1-4H3,(H,15,17,18,19). The zero-order valence-corrected chi connectivity index (χ0v) is 12.8. The van der Waals surface area contributed by atoms with E-state index in [4.69, 9.17) is 4.74 Å². The van der Waals surface area contributed by atoms with Crippen LogP contribution in [0.15, 0.2) is 18.3 Å². The Morgan fingerprint density at radius 3 is 2.62 bits per heavy atom. The molecule has 0 amide bonds. The Bertz CT molecular complexity index is 585. The maximum absolute atomic E-state index is 5.65. The van der Waals surface area contributed by atoms with Crippen LogP contribution >= 0.6 is 0 Å². The number of ether oxygens (including phenoxy) is 1. The van der Waals surface area contributed by atoms with Gasteiger partial charge in [0, 0.05) is 26.3 Å². The minimum Gasteiger partial charge on any atom is -0.422 e. The molecule has 0 spiro atoms. The third-order valence-electron chi connectivity index (χ3n) is 2.63. The number of hydrogen-bond donors (Lipinski definition) is 1. The summed E-state index contributed by atoms with van der Waals surface area (Å²) < 4.78 is 5.65.